The number of para-hydroxylation sites is 1. The van der Waals surface area contributed by atoms with Crippen LogP contribution in [-0.4, -0.2) is 18.6 Å². The maximum absolute atomic E-state index is 12.1. The molecule has 0 bridgehead atoms. The van der Waals surface area contributed by atoms with Gasteiger partial charge in [-0.05, 0) is 30.0 Å². The summed E-state index contributed by atoms with van der Waals surface area (Å²) in [4.78, 5) is 12.1. The van der Waals surface area contributed by atoms with Crippen molar-refractivity contribution in [1.29, 1.82) is 0 Å². The Morgan fingerprint density at radius 3 is 2.67 bits per heavy atom. The fraction of sp³-hybridized carbons (Fsp3) is 0.278. The summed E-state index contributed by atoms with van der Waals surface area (Å²) in [6.45, 7) is 0.684. The minimum Gasteiger partial charge on any atom is -0.480 e. The fourth-order valence-corrected chi connectivity index (χ4v) is 2.59. The van der Waals surface area contributed by atoms with Gasteiger partial charge in [-0.3, -0.25) is 4.79 Å². The number of ether oxygens (including phenoxy) is 1. The van der Waals surface area contributed by atoms with Crippen LogP contribution in [0.1, 0.15) is 17.5 Å². The number of nitrogens with one attached hydrogen (secondary N) is 1. The third-order valence-electron chi connectivity index (χ3n) is 3.72. The van der Waals surface area contributed by atoms with E-state index < -0.39 is 0 Å². The number of hydrogen-bond donors (Lipinski definition) is 1. The molecule has 0 aromatic heterocycles. The van der Waals surface area contributed by atoms with Crippen LogP contribution in [0.25, 0.3) is 0 Å². The van der Waals surface area contributed by atoms with Gasteiger partial charge in [-0.25, -0.2) is 0 Å². The summed E-state index contributed by atoms with van der Waals surface area (Å²) in [7, 11) is 0. The molecule has 2 aromatic rings. The Balaban J connectivity index is 1.42. The molecular weight excluding hydrogens is 262 g/mol. The van der Waals surface area contributed by atoms with E-state index >= 15 is 0 Å². The van der Waals surface area contributed by atoms with Crippen LogP contribution in [-0.2, 0) is 17.6 Å². The van der Waals surface area contributed by atoms with Gasteiger partial charge in [0, 0.05) is 13.0 Å². The van der Waals surface area contributed by atoms with Gasteiger partial charge in [0.2, 0.25) is 0 Å². The minimum absolute atomic E-state index is 0.0146. The van der Waals surface area contributed by atoms with Crippen molar-refractivity contribution < 1.29 is 9.53 Å². The number of amides is 1. The van der Waals surface area contributed by atoms with Gasteiger partial charge in [-0.1, -0.05) is 48.5 Å². The van der Waals surface area contributed by atoms with Crippen molar-refractivity contribution in [1.82, 2.24) is 5.32 Å². The van der Waals surface area contributed by atoms with E-state index in [1.165, 1.54) is 5.56 Å². The van der Waals surface area contributed by atoms with Crippen molar-refractivity contribution in [2.75, 3.05) is 6.54 Å². The van der Waals surface area contributed by atoms with Crippen molar-refractivity contribution in [3.8, 4) is 5.75 Å². The second-order valence-electron chi connectivity index (χ2n) is 5.30. The first-order valence-electron chi connectivity index (χ1n) is 7.39. The third-order valence-corrected chi connectivity index (χ3v) is 3.72. The molecule has 1 N–H and O–H groups in total. The zero-order valence-corrected chi connectivity index (χ0v) is 11.9. The quantitative estimate of drug-likeness (QED) is 0.856. The van der Waals surface area contributed by atoms with Gasteiger partial charge in [-0.2, -0.15) is 0 Å². The number of carbonyl (C=O) groups is 1. The molecule has 0 radical (unpaired) electrons. The van der Waals surface area contributed by atoms with Gasteiger partial charge >= 0.3 is 0 Å². The van der Waals surface area contributed by atoms with Crippen LogP contribution in [0, 0.1) is 0 Å². The van der Waals surface area contributed by atoms with Gasteiger partial charge in [-0.15, -0.1) is 0 Å². The Kier molecular flexibility index (Phi) is 4.20. The minimum atomic E-state index is -0.376. The molecule has 108 valence electrons. The topological polar surface area (TPSA) is 38.3 Å². The van der Waals surface area contributed by atoms with E-state index in [4.69, 9.17) is 4.74 Å². The van der Waals surface area contributed by atoms with Crippen LogP contribution in [0.5, 0.6) is 5.75 Å². The van der Waals surface area contributed by atoms with Gasteiger partial charge in [0.1, 0.15) is 5.75 Å². The number of carbonyl (C=O) groups excluding carboxylic acids is 1. The number of fused-ring (bicyclic) bond motifs is 1. The molecule has 1 amide bonds. The van der Waals surface area contributed by atoms with Gasteiger partial charge in [0.15, 0.2) is 6.10 Å². The predicted octanol–water partition coefficient (Wildman–Crippen LogP) is 2.74. The van der Waals surface area contributed by atoms with Crippen molar-refractivity contribution in [3.05, 3.63) is 65.7 Å². The molecule has 0 aliphatic carbocycles. The molecule has 1 unspecified atom stereocenters. The molecule has 0 saturated carbocycles. The van der Waals surface area contributed by atoms with Crippen molar-refractivity contribution >= 4 is 5.91 Å². The van der Waals surface area contributed by atoms with E-state index in [2.05, 4.69) is 17.4 Å². The summed E-state index contributed by atoms with van der Waals surface area (Å²) in [6.07, 6.45) is 2.21. The lowest BCUT2D eigenvalue weighted by molar-refractivity contribution is -0.127. The third kappa shape index (κ3) is 3.43. The zero-order chi connectivity index (χ0) is 14.5. The molecular formula is C18H19NO2. The summed E-state index contributed by atoms with van der Waals surface area (Å²) in [5.41, 5.74) is 2.42. The largest absolute Gasteiger partial charge is 0.480 e. The molecule has 2 aromatic carbocycles. The van der Waals surface area contributed by atoms with Crippen LogP contribution < -0.4 is 10.1 Å². The highest BCUT2D eigenvalue weighted by molar-refractivity contribution is 5.82. The normalized spacial score (nSPS) is 16.1. The fourth-order valence-electron chi connectivity index (χ4n) is 2.59. The van der Waals surface area contributed by atoms with Gasteiger partial charge in [0.25, 0.3) is 5.91 Å². The summed E-state index contributed by atoms with van der Waals surface area (Å²) in [6, 6.07) is 18.1. The van der Waals surface area contributed by atoms with Gasteiger partial charge in [0.05, 0.1) is 0 Å². The first kappa shape index (κ1) is 13.7. The highest BCUT2D eigenvalue weighted by Gasteiger charge is 2.28. The highest BCUT2D eigenvalue weighted by Crippen LogP contribution is 2.28. The predicted molar refractivity (Wildman–Crippen MR) is 82.3 cm³/mol. The molecule has 21 heavy (non-hydrogen) atoms. The molecule has 3 nitrogen and oxygen atoms in total. The van der Waals surface area contributed by atoms with E-state index in [1.54, 1.807) is 0 Å². The maximum Gasteiger partial charge on any atom is 0.261 e. The van der Waals surface area contributed by atoms with Crippen LogP contribution in [0.4, 0.5) is 0 Å². The Hall–Kier alpha value is -2.29. The molecule has 3 rings (SSSR count). The Bertz CT molecular complexity index is 585. The first-order chi connectivity index (χ1) is 10.3. The summed E-state index contributed by atoms with van der Waals surface area (Å²) in [5.74, 6) is 0.821. The molecule has 1 atom stereocenters. The second-order valence-corrected chi connectivity index (χ2v) is 5.30. The number of aryl methyl sites for hydroxylation is 1. The maximum atomic E-state index is 12.1. The molecule has 0 fully saturated rings. The van der Waals surface area contributed by atoms with E-state index in [0.717, 1.165) is 24.2 Å². The van der Waals surface area contributed by atoms with Crippen molar-refractivity contribution in [2.24, 2.45) is 0 Å². The molecule has 1 aliphatic rings. The van der Waals surface area contributed by atoms with Crippen LogP contribution in [0.3, 0.4) is 0 Å². The average Bonchev–Trinajstić information content (AvgIpc) is 2.96. The monoisotopic (exact) mass is 281 g/mol. The highest BCUT2D eigenvalue weighted by atomic mass is 16.5. The van der Waals surface area contributed by atoms with E-state index in [9.17, 15) is 4.79 Å². The van der Waals surface area contributed by atoms with Crippen LogP contribution in [0.15, 0.2) is 54.6 Å². The SMILES string of the molecule is O=C(NCCCc1ccccc1)C1Cc2ccccc2O1. The summed E-state index contributed by atoms with van der Waals surface area (Å²) in [5, 5.41) is 2.97. The Morgan fingerprint density at radius 1 is 1.10 bits per heavy atom. The molecule has 1 heterocycles. The van der Waals surface area contributed by atoms with Crippen LogP contribution >= 0.6 is 0 Å². The molecule has 3 heteroatoms. The Labute approximate surface area is 124 Å². The summed E-state index contributed by atoms with van der Waals surface area (Å²) < 4.78 is 5.67. The first-order valence-corrected chi connectivity index (χ1v) is 7.39. The van der Waals surface area contributed by atoms with Crippen molar-refractivity contribution in [2.45, 2.75) is 25.4 Å². The van der Waals surface area contributed by atoms with E-state index in [-0.39, 0.29) is 12.0 Å². The molecule has 0 saturated heterocycles. The van der Waals surface area contributed by atoms with Gasteiger partial charge < -0.3 is 10.1 Å². The number of hydrogen-bond acceptors (Lipinski definition) is 2. The van der Waals surface area contributed by atoms with E-state index in [1.807, 2.05) is 42.5 Å². The zero-order valence-electron chi connectivity index (χ0n) is 11.9. The van der Waals surface area contributed by atoms with Crippen LogP contribution in [0.2, 0.25) is 0 Å². The molecule has 0 spiro atoms. The lowest BCUT2D eigenvalue weighted by atomic mass is 10.1. The summed E-state index contributed by atoms with van der Waals surface area (Å²) >= 11 is 0. The van der Waals surface area contributed by atoms with Crippen molar-refractivity contribution in [3.63, 3.8) is 0 Å². The lowest BCUT2D eigenvalue weighted by Gasteiger charge is -2.11. The lowest BCUT2D eigenvalue weighted by Crippen LogP contribution is -2.38. The smallest absolute Gasteiger partial charge is 0.261 e. The average molecular weight is 281 g/mol. The Morgan fingerprint density at radius 2 is 1.86 bits per heavy atom. The molecule has 1 aliphatic heterocycles. The van der Waals surface area contributed by atoms with E-state index in [0.29, 0.717) is 13.0 Å². The second kappa shape index (κ2) is 6.44. The number of rotatable bonds is 5. The number of benzene rings is 2. The standard InChI is InChI=1S/C18H19NO2/c20-18(17-13-15-10-4-5-11-16(15)21-17)19-12-6-9-14-7-2-1-3-8-14/h1-5,7-8,10-11,17H,6,9,12-13H2,(H,19,20).